The Hall–Kier alpha value is -2.80. The summed E-state index contributed by atoms with van der Waals surface area (Å²) in [5, 5.41) is 6.67. The van der Waals surface area contributed by atoms with Gasteiger partial charge in [-0.25, -0.2) is 9.59 Å². The Morgan fingerprint density at radius 1 is 1.04 bits per heavy atom. The first-order chi connectivity index (χ1) is 12.5. The van der Waals surface area contributed by atoms with E-state index in [2.05, 4.69) is 10.6 Å². The van der Waals surface area contributed by atoms with E-state index in [4.69, 9.17) is 21.1 Å². The van der Waals surface area contributed by atoms with Crippen molar-refractivity contribution in [3.8, 4) is 5.75 Å². The highest BCUT2D eigenvalue weighted by Crippen LogP contribution is 2.31. The molecule has 0 saturated carbocycles. The number of imide groups is 1. The maximum atomic E-state index is 11.7. The minimum atomic E-state index is -0.729. The lowest BCUT2D eigenvalue weighted by Crippen LogP contribution is -2.41. The number of esters is 1. The highest BCUT2D eigenvalue weighted by Gasteiger charge is 2.12. The van der Waals surface area contributed by atoms with Crippen LogP contribution in [-0.2, 0) is 14.3 Å². The molecule has 0 aliphatic rings. The summed E-state index contributed by atoms with van der Waals surface area (Å²) in [6.45, 7) is 1.39. The summed E-state index contributed by atoms with van der Waals surface area (Å²) < 4.78 is 10.2. The Morgan fingerprint density at radius 2 is 1.77 bits per heavy atom. The largest absolute Gasteiger partial charge is 0.481 e. The van der Waals surface area contributed by atoms with E-state index in [-0.39, 0.29) is 6.61 Å². The molecule has 0 bridgehead atoms. The van der Waals surface area contributed by atoms with Crippen LogP contribution in [0, 0.1) is 0 Å². The second-order valence-electron chi connectivity index (χ2n) is 5.34. The summed E-state index contributed by atoms with van der Waals surface area (Å²) in [4.78, 5) is 34.5. The number of hydrogen-bond donors (Lipinski definition) is 2. The molecular weight excluding hydrogens is 360 g/mol. The molecule has 3 amide bonds. The van der Waals surface area contributed by atoms with Gasteiger partial charge < -0.3 is 14.8 Å². The second kappa shape index (κ2) is 9.62. The summed E-state index contributed by atoms with van der Waals surface area (Å²) in [6, 6.07) is 10.0. The van der Waals surface area contributed by atoms with Gasteiger partial charge in [-0.15, -0.1) is 0 Å². The Bertz CT molecular complexity index is 809. The summed E-state index contributed by atoms with van der Waals surface area (Å²) in [7, 11) is 0. The van der Waals surface area contributed by atoms with Gasteiger partial charge in [0.15, 0.2) is 13.2 Å². The van der Waals surface area contributed by atoms with E-state index in [0.717, 1.165) is 17.2 Å². The number of rotatable bonds is 7. The average Bonchev–Trinajstić information content (AvgIpc) is 2.64. The van der Waals surface area contributed by atoms with Crippen LogP contribution in [-0.4, -0.2) is 37.7 Å². The Labute approximate surface area is 155 Å². The molecule has 0 radical (unpaired) electrons. The minimum absolute atomic E-state index is 0.374. The van der Waals surface area contributed by atoms with Crippen LogP contribution in [0.15, 0.2) is 36.4 Å². The van der Waals surface area contributed by atoms with Crippen LogP contribution >= 0.6 is 11.6 Å². The van der Waals surface area contributed by atoms with Gasteiger partial charge in [-0.05, 0) is 18.6 Å². The number of carbonyl (C=O) groups is 3. The zero-order valence-corrected chi connectivity index (χ0v) is 15.0. The monoisotopic (exact) mass is 378 g/mol. The standard InChI is InChI=1S/C18H19ClN2O5/c1-2-9-20-18(24)21-16(22)10-26-17(23)11-25-15-8-7-14(19)12-5-3-4-6-13(12)15/h3-8H,2,9-11H2,1H3,(H2,20,21,22,24). The third kappa shape index (κ3) is 5.63. The highest BCUT2D eigenvalue weighted by atomic mass is 35.5. The van der Waals surface area contributed by atoms with Crippen LogP contribution in [0.5, 0.6) is 5.75 Å². The Morgan fingerprint density at radius 3 is 2.50 bits per heavy atom. The van der Waals surface area contributed by atoms with Crippen LogP contribution in [0.3, 0.4) is 0 Å². The van der Waals surface area contributed by atoms with Gasteiger partial charge in [-0.3, -0.25) is 10.1 Å². The number of nitrogens with one attached hydrogen (secondary N) is 2. The van der Waals surface area contributed by atoms with Crippen LogP contribution in [0.25, 0.3) is 10.8 Å². The van der Waals surface area contributed by atoms with Crippen molar-refractivity contribution in [1.29, 1.82) is 0 Å². The maximum Gasteiger partial charge on any atom is 0.344 e. The molecule has 0 aliphatic carbocycles. The van der Waals surface area contributed by atoms with Gasteiger partial charge in [0.1, 0.15) is 5.75 Å². The molecule has 2 aromatic carbocycles. The predicted molar refractivity (Wildman–Crippen MR) is 97.2 cm³/mol. The Kier molecular flexibility index (Phi) is 7.23. The Balaban J connectivity index is 1.82. The maximum absolute atomic E-state index is 11.7. The number of fused-ring (bicyclic) bond motifs is 1. The highest BCUT2D eigenvalue weighted by molar-refractivity contribution is 6.35. The summed E-state index contributed by atoms with van der Waals surface area (Å²) >= 11 is 6.13. The zero-order chi connectivity index (χ0) is 18.9. The van der Waals surface area contributed by atoms with E-state index in [0.29, 0.717) is 17.3 Å². The smallest absolute Gasteiger partial charge is 0.344 e. The third-order valence-corrected chi connectivity index (χ3v) is 3.66. The average molecular weight is 379 g/mol. The van der Waals surface area contributed by atoms with E-state index in [1.807, 2.05) is 31.2 Å². The molecule has 0 spiro atoms. The van der Waals surface area contributed by atoms with E-state index >= 15 is 0 Å². The number of carbonyl (C=O) groups excluding carboxylic acids is 3. The van der Waals surface area contributed by atoms with E-state index in [1.165, 1.54) is 0 Å². The zero-order valence-electron chi connectivity index (χ0n) is 14.2. The quantitative estimate of drug-likeness (QED) is 0.722. The van der Waals surface area contributed by atoms with Gasteiger partial charge in [-0.1, -0.05) is 42.8 Å². The normalized spacial score (nSPS) is 10.2. The van der Waals surface area contributed by atoms with Gasteiger partial charge in [0.05, 0.1) is 0 Å². The molecular formula is C18H19ClN2O5. The van der Waals surface area contributed by atoms with Crippen molar-refractivity contribution < 1.29 is 23.9 Å². The van der Waals surface area contributed by atoms with Crippen molar-refractivity contribution >= 4 is 40.3 Å². The molecule has 0 aliphatic heterocycles. The number of urea groups is 1. The lowest BCUT2D eigenvalue weighted by Gasteiger charge is -2.10. The molecule has 0 unspecified atom stereocenters. The molecule has 138 valence electrons. The number of amides is 3. The van der Waals surface area contributed by atoms with E-state index < -0.39 is 24.5 Å². The van der Waals surface area contributed by atoms with Crippen molar-refractivity contribution in [2.75, 3.05) is 19.8 Å². The number of halogens is 1. The fraction of sp³-hybridized carbons (Fsp3) is 0.278. The van der Waals surface area contributed by atoms with Crippen molar-refractivity contribution in [3.63, 3.8) is 0 Å². The van der Waals surface area contributed by atoms with Gasteiger partial charge in [0.25, 0.3) is 5.91 Å². The predicted octanol–water partition coefficient (Wildman–Crippen LogP) is 2.65. The number of hydrogen-bond acceptors (Lipinski definition) is 5. The van der Waals surface area contributed by atoms with Crippen LogP contribution in [0.2, 0.25) is 5.02 Å². The first-order valence-corrected chi connectivity index (χ1v) is 8.42. The molecule has 8 heteroatoms. The first-order valence-electron chi connectivity index (χ1n) is 8.04. The molecule has 2 rings (SSSR count). The van der Waals surface area contributed by atoms with Crippen LogP contribution in [0.1, 0.15) is 13.3 Å². The summed E-state index contributed by atoms with van der Waals surface area (Å²) in [5.74, 6) is -0.970. The fourth-order valence-corrected chi connectivity index (χ4v) is 2.36. The summed E-state index contributed by atoms with van der Waals surface area (Å²) in [6.07, 6.45) is 0.743. The minimum Gasteiger partial charge on any atom is -0.481 e. The van der Waals surface area contributed by atoms with Crippen molar-refractivity contribution in [3.05, 3.63) is 41.4 Å². The lowest BCUT2D eigenvalue weighted by atomic mass is 10.1. The molecule has 7 nitrogen and oxygen atoms in total. The second-order valence-corrected chi connectivity index (χ2v) is 5.75. The molecule has 0 heterocycles. The fourth-order valence-electron chi connectivity index (χ4n) is 2.13. The van der Waals surface area contributed by atoms with Crippen molar-refractivity contribution in [1.82, 2.24) is 10.6 Å². The molecule has 0 fully saturated rings. The first kappa shape index (κ1) is 19.5. The van der Waals surface area contributed by atoms with E-state index in [1.54, 1.807) is 12.1 Å². The SMILES string of the molecule is CCCNC(=O)NC(=O)COC(=O)COc1ccc(Cl)c2ccccc12. The number of benzene rings is 2. The molecule has 2 aromatic rings. The van der Waals surface area contributed by atoms with E-state index in [9.17, 15) is 14.4 Å². The van der Waals surface area contributed by atoms with Gasteiger partial charge in [0.2, 0.25) is 0 Å². The molecule has 26 heavy (non-hydrogen) atoms. The molecule has 0 aromatic heterocycles. The van der Waals surface area contributed by atoms with Crippen LogP contribution in [0.4, 0.5) is 4.79 Å². The topological polar surface area (TPSA) is 93.7 Å². The van der Waals surface area contributed by atoms with Crippen LogP contribution < -0.4 is 15.4 Å². The third-order valence-electron chi connectivity index (χ3n) is 3.33. The number of ether oxygens (including phenoxy) is 2. The molecule has 0 atom stereocenters. The van der Waals surface area contributed by atoms with Gasteiger partial charge >= 0.3 is 12.0 Å². The van der Waals surface area contributed by atoms with Crippen molar-refractivity contribution in [2.24, 2.45) is 0 Å². The molecule has 2 N–H and O–H groups in total. The van der Waals surface area contributed by atoms with Gasteiger partial charge in [-0.2, -0.15) is 0 Å². The lowest BCUT2D eigenvalue weighted by molar-refractivity contribution is -0.150. The molecule has 0 saturated heterocycles. The summed E-state index contributed by atoms with van der Waals surface area (Å²) in [5.41, 5.74) is 0. The van der Waals surface area contributed by atoms with Crippen molar-refractivity contribution in [2.45, 2.75) is 13.3 Å². The van der Waals surface area contributed by atoms with Gasteiger partial charge in [0, 0.05) is 22.3 Å².